The molecule has 168 valence electrons. The third-order valence-electron chi connectivity index (χ3n) is 3.45. The minimum atomic E-state index is -0.476. The Morgan fingerprint density at radius 3 is 2.00 bits per heavy atom. The number of thioether (sulfide) groups is 1. The van der Waals surface area contributed by atoms with Gasteiger partial charge in [0.05, 0.1) is 25.7 Å². The van der Waals surface area contributed by atoms with E-state index >= 15 is 0 Å². The van der Waals surface area contributed by atoms with Crippen LogP contribution in [0, 0.1) is 5.92 Å². The van der Waals surface area contributed by atoms with Gasteiger partial charge in [-0.05, 0) is 26.2 Å². The van der Waals surface area contributed by atoms with Gasteiger partial charge in [-0.15, -0.1) is 24.4 Å². The topological polar surface area (TPSA) is 78.9 Å². The number of rotatable bonds is 14. The van der Waals surface area contributed by atoms with Crippen molar-refractivity contribution in [1.29, 1.82) is 0 Å². The van der Waals surface area contributed by atoms with Gasteiger partial charge in [-0.25, -0.2) is 4.79 Å². The van der Waals surface area contributed by atoms with E-state index in [1.165, 1.54) is 17.8 Å². The summed E-state index contributed by atoms with van der Waals surface area (Å²) in [6.45, 7) is 15.7. The van der Waals surface area contributed by atoms with E-state index in [2.05, 4.69) is 30.5 Å². The Morgan fingerprint density at radius 2 is 1.55 bits per heavy atom. The average molecular weight is 449 g/mol. The fourth-order valence-electron chi connectivity index (χ4n) is 1.84. The highest BCUT2D eigenvalue weighted by Gasteiger charge is 2.27. The molecule has 0 bridgehead atoms. The number of hydrogen-bond donors (Lipinski definition) is 1. The van der Waals surface area contributed by atoms with Crippen molar-refractivity contribution in [2.24, 2.45) is 5.92 Å². The van der Waals surface area contributed by atoms with Gasteiger partial charge in [0, 0.05) is 10.3 Å². The second-order valence-electron chi connectivity index (χ2n) is 6.14. The number of carbonyl (C=O) groups is 3. The first-order chi connectivity index (χ1) is 13.7. The molecule has 2 atom stereocenters. The summed E-state index contributed by atoms with van der Waals surface area (Å²) in [5, 5.41) is -0.476. The van der Waals surface area contributed by atoms with Gasteiger partial charge < -0.3 is 14.2 Å². The fourth-order valence-corrected chi connectivity index (χ4v) is 3.10. The van der Waals surface area contributed by atoms with Gasteiger partial charge in [0.25, 0.3) is 0 Å². The number of esters is 3. The Labute approximate surface area is 185 Å². The molecule has 0 aromatic rings. The molecule has 0 rings (SSSR count). The van der Waals surface area contributed by atoms with Crippen molar-refractivity contribution < 1.29 is 28.6 Å². The molecule has 0 spiro atoms. The maximum absolute atomic E-state index is 12.0. The lowest BCUT2D eigenvalue weighted by molar-refractivity contribution is -0.148. The predicted octanol–water partition coefficient (Wildman–Crippen LogP) is 4.94. The largest absolute Gasteiger partial charge is 0.466 e. The molecule has 0 aliphatic rings. The monoisotopic (exact) mass is 448 g/mol. The maximum atomic E-state index is 12.0. The van der Waals surface area contributed by atoms with Crippen LogP contribution in [-0.2, 0) is 28.6 Å². The van der Waals surface area contributed by atoms with Crippen LogP contribution in [0.5, 0.6) is 0 Å². The van der Waals surface area contributed by atoms with E-state index in [9.17, 15) is 14.4 Å². The lowest BCUT2D eigenvalue weighted by Crippen LogP contribution is -2.26. The van der Waals surface area contributed by atoms with E-state index in [1.807, 2.05) is 13.8 Å². The van der Waals surface area contributed by atoms with Crippen LogP contribution in [0.4, 0.5) is 0 Å². The van der Waals surface area contributed by atoms with Crippen LogP contribution in [0.25, 0.3) is 0 Å². The molecular weight excluding hydrogens is 412 g/mol. The van der Waals surface area contributed by atoms with Gasteiger partial charge in [-0.3, -0.25) is 9.59 Å². The molecular formula is C21H36O6S2. The Kier molecular flexibility index (Phi) is 20.4. The molecule has 0 aliphatic carbocycles. The SMILES string of the molecule is C=C(S)SC(CC(C)C(=O)OCC)C(=O)OCCCC.C=CC(=O)OCCCC. The fraction of sp³-hybridized carbons (Fsp3) is 0.667. The lowest BCUT2D eigenvalue weighted by atomic mass is 10.1. The standard InChI is InChI=1S/C14H24O4S2.C7H12O2/c1-5-7-8-18-14(16)12(20-11(4)19)9-10(3)13(15)17-6-2;1-3-5-6-9-7(8)4-2/h10,12,19H,4-9H2,1-3H3;4H,2-3,5-6H2,1H3. The van der Waals surface area contributed by atoms with Gasteiger partial charge in [0.1, 0.15) is 5.25 Å². The summed E-state index contributed by atoms with van der Waals surface area (Å²) in [4.78, 5) is 34.0. The average Bonchev–Trinajstić information content (AvgIpc) is 2.67. The summed E-state index contributed by atoms with van der Waals surface area (Å²) in [6, 6.07) is 0. The third-order valence-corrected chi connectivity index (χ3v) is 4.71. The van der Waals surface area contributed by atoms with Crippen molar-refractivity contribution in [3.8, 4) is 0 Å². The molecule has 29 heavy (non-hydrogen) atoms. The van der Waals surface area contributed by atoms with Crippen molar-refractivity contribution in [2.45, 2.75) is 65.0 Å². The highest BCUT2D eigenvalue weighted by molar-refractivity contribution is 8.16. The smallest absolute Gasteiger partial charge is 0.330 e. The highest BCUT2D eigenvalue weighted by Crippen LogP contribution is 2.29. The quantitative estimate of drug-likeness (QED) is 0.133. The number of hydrogen-bond acceptors (Lipinski definition) is 8. The molecule has 0 fully saturated rings. The Hall–Kier alpha value is -1.41. The highest BCUT2D eigenvalue weighted by atomic mass is 32.2. The summed E-state index contributed by atoms with van der Waals surface area (Å²) >= 11 is 5.32. The number of thiol groups is 1. The van der Waals surface area contributed by atoms with E-state index in [-0.39, 0.29) is 23.8 Å². The van der Waals surface area contributed by atoms with Crippen LogP contribution < -0.4 is 0 Å². The first-order valence-electron chi connectivity index (χ1n) is 9.90. The normalized spacial score (nSPS) is 11.9. The Morgan fingerprint density at radius 1 is 1.00 bits per heavy atom. The summed E-state index contributed by atoms with van der Waals surface area (Å²) in [6.07, 6.45) is 5.30. The zero-order chi connectivity index (χ0) is 22.7. The van der Waals surface area contributed by atoms with Crippen LogP contribution in [0.15, 0.2) is 23.5 Å². The molecule has 0 amide bonds. The maximum Gasteiger partial charge on any atom is 0.330 e. The van der Waals surface area contributed by atoms with E-state index < -0.39 is 5.25 Å². The van der Waals surface area contributed by atoms with Gasteiger partial charge in [-0.1, -0.05) is 46.8 Å². The van der Waals surface area contributed by atoms with Crippen molar-refractivity contribution >= 4 is 42.3 Å². The molecule has 0 aromatic carbocycles. The molecule has 2 unspecified atom stereocenters. The minimum absolute atomic E-state index is 0.302. The van der Waals surface area contributed by atoms with Crippen molar-refractivity contribution in [2.75, 3.05) is 19.8 Å². The van der Waals surface area contributed by atoms with Gasteiger partial charge in [0.2, 0.25) is 0 Å². The number of unbranched alkanes of at least 4 members (excludes halogenated alkanes) is 2. The van der Waals surface area contributed by atoms with E-state index in [0.29, 0.717) is 30.5 Å². The van der Waals surface area contributed by atoms with Gasteiger partial charge in [-0.2, -0.15) is 0 Å². The Balaban J connectivity index is 0. The summed E-state index contributed by atoms with van der Waals surface area (Å²) < 4.78 is 15.3. The molecule has 8 heteroatoms. The molecule has 0 saturated heterocycles. The Bertz CT molecular complexity index is 507. The zero-order valence-electron chi connectivity index (χ0n) is 18.1. The predicted molar refractivity (Wildman–Crippen MR) is 122 cm³/mol. The van der Waals surface area contributed by atoms with E-state index in [4.69, 9.17) is 9.47 Å². The molecule has 0 radical (unpaired) electrons. The molecule has 0 N–H and O–H groups in total. The van der Waals surface area contributed by atoms with Crippen LogP contribution in [0.1, 0.15) is 59.8 Å². The minimum Gasteiger partial charge on any atom is -0.466 e. The first kappa shape index (κ1) is 29.8. The van der Waals surface area contributed by atoms with Crippen molar-refractivity contribution in [3.63, 3.8) is 0 Å². The molecule has 0 aromatic heterocycles. The van der Waals surface area contributed by atoms with Crippen LogP contribution in [-0.4, -0.2) is 43.0 Å². The molecule has 0 aliphatic heterocycles. The molecule has 6 nitrogen and oxygen atoms in total. The number of carbonyl (C=O) groups excluding carboxylic acids is 3. The van der Waals surface area contributed by atoms with Crippen LogP contribution >= 0.6 is 24.4 Å². The second kappa shape index (κ2) is 19.9. The molecule has 0 heterocycles. The zero-order valence-corrected chi connectivity index (χ0v) is 19.8. The van der Waals surface area contributed by atoms with E-state index in [1.54, 1.807) is 13.8 Å². The van der Waals surface area contributed by atoms with Crippen molar-refractivity contribution in [1.82, 2.24) is 0 Å². The van der Waals surface area contributed by atoms with Crippen LogP contribution in [0.2, 0.25) is 0 Å². The summed E-state index contributed by atoms with van der Waals surface area (Å²) in [5.41, 5.74) is 0. The number of ether oxygens (including phenoxy) is 3. The third kappa shape index (κ3) is 18.4. The molecule has 0 saturated carbocycles. The van der Waals surface area contributed by atoms with Gasteiger partial charge >= 0.3 is 17.9 Å². The second-order valence-corrected chi connectivity index (χ2v) is 8.28. The van der Waals surface area contributed by atoms with E-state index in [0.717, 1.165) is 25.7 Å². The van der Waals surface area contributed by atoms with Crippen LogP contribution in [0.3, 0.4) is 0 Å². The lowest BCUT2D eigenvalue weighted by Gasteiger charge is -2.18. The van der Waals surface area contributed by atoms with Crippen molar-refractivity contribution in [3.05, 3.63) is 23.5 Å². The summed E-state index contributed by atoms with van der Waals surface area (Å²) in [7, 11) is 0. The first-order valence-corrected chi connectivity index (χ1v) is 11.2. The van der Waals surface area contributed by atoms with Gasteiger partial charge in [0.15, 0.2) is 0 Å². The summed E-state index contributed by atoms with van der Waals surface area (Å²) in [5.74, 6) is -1.32.